The highest BCUT2D eigenvalue weighted by Gasteiger charge is 2.28. The van der Waals surface area contributed by atoms with E-state index < -0.39 is 17.7 Å². The Labute approximate surface area is 165 Å². The Balaban J connectivity index is 1.53. The summed E-state index contributed by atoms with van der Waals surface area (Å²) >= 11 is 0. The van der Waals surface area contributed by atoms with Gasteiger partial charge >= 0.3 is 12.1 Å². The van der Waals surface area contributed by atoms with Crippen molar-refractivity contribution in [1.29, 1.82) is 0 Å². The maximum atomic E-state index is 12.0. The van der Waals surface area contributed by atoms with E-state index in [4.69, 9.17) is 9.47 Å². The van der Waals surface area contributed by atoms with Gasteiger partial charge in [-0.05, 0) is 43.0 Å². The number of fused-ring (bicyclic) bond motifs is 3. The molecule has 0 saturated carbocycles. The third-order valence-electron chi connectivity index (χ3n) is 4.37. The minimum atomic E-state index is -0.555. The number of hydrogen-bond donors (Lipinski definition) is 1. The summed E-state index contributed by atoms with van der Waals surface area (Å²) in [6.07, 6.45) is 2.34. The zero-order valence-corrected chi connectivity index (χ0v) is 16.4. The fraction of sp³-hybridized carbons (Fsp3) is 0.304. The molecule has 0 unspecified atom stereocenters. The molecule has 0 radical (unpaired) electrons. The summed E-state index contributed by atoms with van der Waals surface area (Å²) in [5.74, 6) is -0.405. The van der Waals surface area contributed by atoms with Crippen LogP contribution in [0.25, 0.3) is 11.1 Å². The Hall–Kier alpha value is -3.08. The molecule has 5 nitrogen and oxygen atoms in total. The van der Waals surface area contributed by atoms with E-state index in [0.29, 0.717) is 0 Å². The van der Waals surface area contributed by atoms with Gasteiger partial charge in [-0.2, -0.15) is 0 Å². The van der Waals surface area contributed by atoms with Crippen LogP contribution in [0.15, 0.2) is 60.7 Å². The number of benzene rings is 2. The minimum absolute atomic E-state index is 0.0321. The lowest BCUT2D eigenvalue weighted by atomic mass is 9.98. The van der Waals surface area contributed by atoms with E-state index >= 15 is 0 Å². The molecule has 28 heavy (non-hydrogen) atoms. The van der Waals surface area contributed by atoms with Crippen molar-refractivity contribution in [3.63, 3.8) is 0 Å². The largest absolute Gasteiger partial charge is 0.462 e. The third kappa shape index (κ3) is 4.80. The molecule has 1 amide bonds. The number of amides is 1. The maximum absolute atomic E-state index is 12.0. The molecule has 2 aromatic rings. The highest BCUT2D eigenvalue weighted by atomic mass is 16.6. The Morgan fingerprint density at radius 1 is 1.00 bits per heavy atom. The summed E-state index contributed by atoms with van der Waals surface area (Å²) in [6, 6.07) is 16.4. The van der Waals surface area contributed by atoms with Crippen molar-refractivity contribution < 1.29 is 19.1 Å². The van der Waals surface area contributed by atoms with E-state index in [9.17, 15) is 9.59 Å². The van der Waals surface area contributed by atoms with Crippen molar-refractivity contribution in [1.82, 2.24) is 5.32 Å². The molecule has 1 aliphatic carbocycles. The molecular formula is C23H25NO4. The summed E-state index contributed by atoms with van der Waals surface area (Å²) in [7, 11) is 0. The fourth-order valence-corrected chi connectivity index (χ4v) is 3.26. The van der Waals surface area contributed by atoms with Gasteiger partial charge < -0.3 is 14.8 Å². The zero-order chi connectivity index (χ0) is 20.1. The van der Waals surface area contributed by atoms with Crippen molar-refractivity contribution in [3.05, 3.63) is 71.8 Å². The van der Waals surface area contributed by atoms with Crippen LogP contribution < -0.4 is 5.32 Å². The van der Waals surface area contributed by atoms with Gasteiger partial charge in [0.1, 0.15) is 12.2 Å². The van der Waals surface area contributed by atoms with Gasteiger partial charge in [0.25, 0.3) is 0 Å². The summed E-state index contributed by atoms with van der Waals surface area (Å²) in [5, 5.41) is 2.56. The van der Waals surface area contributed by atoms with Gasteiger partial charge in [0.05, 0.1) is 0 Å². The predicted octanol–water partition coefficient (Wildman–Crippen LogP) is 4.42. The van der Waals surface area contributed by atoms with Gasteiger partial charge in [0.2, 0.25) is 0 Å². The van der Waals surface area contributed by atoms with Crippen LogP contribution in [0.2, 0.25) is 0 Å². The number of alkyl carbamates (subject to hydrolysis) is 1. The standard InChI is InChI=1S/C23H25NO4/c1-23(2,3)28-22(26)24-14-8-13-21(25)27-15-20-18-11-6-4-9-16(18)17-10-5-7-12-19(17)20/h4-13,20H,14-15H2,1-3H3,(H,24,26). The summed E-state index contributed by atoms with van der Waals surface area (Å²) in [6.45, 7) is 5.84. The van der Waals surface area contributed by atoms with E-state index in [1.165, 1.54) is 28.3 Å². The maximum Gasteiger partial charge on any atom is 0.407 e. The second kappa shape index (κ2) is 8.30. The average molecular weight is 379 g/mol. The van der Waals surface area contributed by atoms with Gasteiger partial charge in [0.15, 0.2) is 0 Å². The number of carbonyl (C=O) groups excluding carboxylic acids is 2. The number of hydrogen-bond acceptors (Lipinski definition) is 4. The second-order valence-corrected chi connectivity index (χ2v) is 7.64. The Kier molecular flexibility index (Phi) is 5.83. The predicted molar refractivity (Wildman–Crippen MR) is 108 cm³/mol. The third-order valence-corrected chi connectivity index (χ3v) is 4.37. The van der Waals surface area contributed by atoms with Crippen LogP contribution in [0.5, 0.6) is 0 Å². The smallest absolute Gasteiger partial charge is 0.407 e. The lowest BCUT2D eigenvalue weighted by Crippen LogP contribution is -2.32. The summed E-state index contributed by atoms with van der Waals surface area (Å²) in [5.41, 5.74) is 4.17. The number of carbonyl (C=O) groups is 2. The molecule has 0 atom stereocenters. The molecule has 5 heteroatoms. The molecule has 0 heterocycles. The molecular weight excluding hydrogens is 354 g/mol. The molecule has 0 spiro atoms. The topological polar surface area (TPSA) is 64.6 Å². The zero-order valence-electron chi connectivity index (χ0n) is 16.4. The van der Waals surface area contributed by atoms with Crippen LogP contribution in [-0.4, -0.2) is 30.8 Å². The van der Waals surface area contributed by atoms with E-state index in [1.807, 2.05) is 24.3 Å². The minimum Gasteiger partial charge on any atom is -0.462 e. The van der Waals surface area contributed by atoms with Crippen molar-refractivity contribution in [2.45, 2.75) is 32.3 Å². The molecule has 2 aromatic carbocycles. The van der Waals surface area contributed by atoms with Crippen molar-refractivity contribution in [3.8, 4) is 11.1 Å². The molecule has 0 fully saturated rings. The van der Waals surface area contributed by atoms with Crippen LogP contribution in [-0.2, 0) is 14.3 Å². The van der Waals surface area contributed by atoms with Gasteiger partial charge in [-0.1, -0.05) is 54.6 Å². The molecule has 1 aliphatic rings. The number of nitrogens with one attached hydrogen (secondary N) is 1. The quantitative estimate of drug-likeness (QED) is 0.617. The van der Waals surface area contributed by atoms with Crippen LogP contribution in [0.3, 0.4) is 0 Å². The van der Waals surface area contributed by atoms with Crippen LogP contribution >= 0.6 is 0 Å². The number of esters is 1. The molecule has 3 rings (SSSR count). The number of ether oxygens (including phenoxy) is 2. The Morgan fingerprint density at radius 3 is 2.14 bits per heavy atom. The fourth-order valence-electron chi connectivity index (χ4n) is 3.26. The molecule has 0 aliphatic heterocycles. The van der Waals surface area contributed by atoms with Crippen molar-refractivity contribution >= 4 is 12.1 Å². The molecule has 0 saturated heterocycles. The van der Waals surface area contributed by atoms with E-state index in [0.717, 1.165) is 0 Å². The Bertz CT molecular complexity index is 850. The van der Waals surface area contributed by atoms with Crippen molar-refractivity contribution in [2.75, 3.05) is 13.2 Å². The lowest BCUT2D eigenvalue weighted by molar-refractivity contribution is -0.138. The molecule has 146 valence electrons. The first-order valence-electron chi connectivity index (χ1n) is 9.33. The van der Waals surface area contributed by atoms with E-state index in [2.05, 4.69) is 29.6 Å². The molecule has 1 N–H and O–H groups in total. The van der Waals surface area contributed by atoms with Gasteiger partial charge in [-0.3, -0.25) is 0 Å². The van der Waals surface area contributed by atoms with Crippen LogP contribution in [0, 0.1) is 0 Å². The molecule has 0 aromatic heterocycles. The van der Waals surface area contributed by atoms with E-state index in [-0.39, 0.29) is 19.1 Å². The lowest BCUT2D eigenvalue weighted by Gasteiger charge is -2.19. The van der Waals surface area contributed by atoms with Gasteiger partial charge in [-0.25, -0.2) is 9.59 Å². The first-order valence-corrected chi connectivity index (χ1v) is 9.33. The normalized spacial score (nSPS) is 13.1. The highest BCUT2D eigenvalue weighted by molar-refractivity contribution is 5.83. The van der Waals surface area contributed by atoms with Gasteiger partial charge in [-0.15, -0.1) is 0 Å². The molecule has 0 bridgehead atoms. The van der Waals surface area contributed by atoms with Crippen LogP contribution in [0.4, 0.5) is 4.79 Å². The van der Waals surface area contributed by atoms with E-state index in [1.54, 1.807) is 26.8 Å². The summed E-state index contributed by atoms with van der Waals surface area (Å²) in [4.78, 5) is 23.6. The van der Waals surface area contributed by atoms with Crippen molar-refractivity contribution in [2.24, 2.45) is 0 Å². The first-order chi connectivity index (χ1) is 13.3. The monoisotopic (exact) mass is 379 g/mol. The van der Waals surface area contributed by atoms with Crippen LogP contribution in [0.1, 0.15) is 37.8 Å². The summed E-state index contributed by atoms with van der Waals surface area (Å²) < 4.78 is 10.6. The number of rotatable bonds is 5. The van der Waals surface area contributed by atoms with Gasteiger partial charge in [0, 0.05) is 18.5 Å². The second-order valence-electron chi connectivity index (χ2n) is 7.64. The average Bonchev–Trinajstić information content (AvgIpc) is 2.96. The SMILES string of the molecule is CC(C)(C)OC(=O)NCC=CC(=O)OCC1c2ccccc2-c2ccccc21. The first kappa shape index (κ1) is 19.7. The highest BCUT2D eigenvalue weighted by Crippen LogP contribution is 2.44. The Morgan fingerprint density at radius 2 is 1.57 bits per heavy atom.